The summed E-state index contributed by atoms with van der Waals surface area (Å²) in [5.41, 5.74) is 2.49. The van der Waals surface area contributed by atoms with Gasteiger partial charge in [-0.25, -0.2) is 4.68 Å². The number of anilines is 1. The molecular weight excluding hydrogens is 288 g/mol. The van der Waals surface area contributed by atoms with E-state index in [1.54, 1.807) is 28.9 Å². The van der Waals surface area contributed by atoms with Crippen LogP contribution in [0.3, 0.4) is 0 Å². The van der Waals surface area contributed by atoms with Crippen molar-refractivity contribution in [1.82, 2.24) is 15.0 Å². The molecule has 106 valence electrons. The topological polar surface area (TPSA) is 59.8 Å². The summed E-state index contributed by atoms with van der Waals surface area (Å²) in [5.74, 6) is -0.0723. The number of carbonyl (C=O) groups excluding carboxylic acids is 1. The fourth-order valence-corrected chi connectivity index (χ4v) is 2.17. The molecule has 0 bridgehead atoms. The lowest BCUT2D eigenvalue weighted by Crippen LogP contribution is -2.15. The molecule has 1 heterocycles. The van der Waals surface area contributed by atoms with Crippen molar-refractivity contribution in [2.45, 2.75) is 13.0 Å². The number of carbonyl (C=O) groups is 1. The van der Waals surface area contributed by atoms with Crippen molar-refractivity contribution in [2.24, 2.45) is 0 Å². The van der Waals surface area contributed by atoms with Gasteiger partial charge in [-0.2, -0.15) is 0 Å². The number of halogens is 1. The summed E-state index contributed by atoms with van der Waals surface area (Å²) >= 11 is 5.80. The number of hydrogen-bond donors (Lipinski definition) is 1. The molecule has 0 atom stereocenters. The third kappa shape index (κ3) is 3.20. The van der Waals surface area contributed by atoms with E-state index in [1.807, 2.05) is 24.3 Å². The Hall–Kier alpha value is -2.40. The number of aromatic nitrogens is 3. The van der Waals surface area contributed by atoms with Gasteiger partial charge in [-0.15, -0.1) is 5.10 Å². The number of rotatable bonds is 4. The average Bonchev–Trinajstić information content (AvgIpc) is 2.91. The van der Waals surface area contributed by atoms with Crippen LogP contribution in [0.15, 0.2) is 48.5 Å². The van der Waals surface area contributed by atoms with E-state index < -0.39 is 0 Å². The number of fused-ring (bicyclic) bond motifs is 1. The SMILES string of the molecule is O=C(CCn1nnc2ccccc21)Nc1ccc(Cl)cc1. The first-order valence-electron chi connectivity index (χ1n) is 6.56. The summed E-state index contributed by atoms with van der Waals surface area (Å²) in [6.07, 6.45) is 0.329. The molecule has 0 saturated carbocycles. The molecule has 1 N–H and O–H groups in total. The van der Waals surface area contributed by atoms with Crippen LogP contribution < -0.4 is 5.32 Å². The maximum Gasteiger partial charge on any atom is 0.226 e. The van der Waals surface area contributed by atoms with Gasteiger partial charge in [-0.1, -0.05) is 28.9 Å². The summed E-state index contributed by atoms with van der Waals surface area (Å²) in [7, 11) is 0. The van der Waals surface area contributed by atoms with Crippen molar-refractivity contribution in [3.8, 4) is 0 Å². The zero-order valence-electron chi connectivity index (χ0n) is 11.2. The number of hydrogen-bond acceptors (Lipinski definition) is 3. The van der Waals surface area contributed by atoms with Gasteiger partial charge in [0, 0.05) is 17.1 Å². The third-order valence-corrected chi connectivity index (χ3v) is 3.35. The second kappa shape index (κ2) is 5.93. The second-order valence-corrected chi connectivity index (χ2v) is 5.04. The molecule has 0 radical (unpaired) electrons. The van der Waals surface area contributed by atoms with Crippen LogP contribution in [0, 0.1) is 0 Å². The molecule has 0 unspecified atom stereocenters. The Kier molecular flexibility index (Phi) is 3.83. The normalized spacial score (nSPS) is 10.7. The number of amides is 1. The molecule has 0 aliphatic rings. The molecular formula is C15H13ClN4O. The van der Waals surface area contributed by atoms with Gasteiger partial charge in [0.1, 0.15) is 5.52 Å². The standard InChI is InChI=1S/C15H13ClN4O/c16-11-5-7-12(8-6-11)17-15(21)9-10-20-14-4-2-1-3-13(14)18-19-20/h1-8H,9-10H2,(H,17,21). The van der Waals surface area contributed by atoms with E-state index in [0.29, 0.717) is 18.0 Å². The fourth-order valence-electron chi connectivity index (χ4n) is 2.05. The van der Waals surface area contributed by atoms with Gasteiger partial charge in [0.05, 0.1) is 12.1 Å². The van der Waals surface area contributed by atoms with Crippen LogP contribution in [0.5, 0.6) is 0 Å². The molecule has 3 aromatic rings. The average molecular weight is 301 g/mol. The van der Waals surface area contributed by atoms with E-state index in [1.165, 1.54) is 0 Å². The van der Waals surface area contributed by atoms with E-state index in [9.17, 15) is 4.79 Å². The van der Waals surface area contributed by atoms with Gasteiger partial charge in [0.2, 0.25) is 5.91 Å². The van der Waals surface area contributed by atoms with Crippen molar-refractivity contribution in [3.63, 3.8) is 0 Å². The summed E-state index contributed by atoms with van der Waals surface area (Å²) in [6, 6.07) is 14.7. The zero-order valence-corrected chi connectivity index (χ0v) is 11.9. The molecule has 2 aromatic carbocycles. The third-order valence-electron chi connectivity index (χ3n) is 3.10. The minimum Gasteiger partial charge on any atom is -0.326 e. The summed E-state index contributed by atoms with van der Waals surface area (Å²) in [4.78, 5) is 11.9. The first-order chi connectivity index (χ1) is 10.2. The molecule has 21 heavy (non-hydrogen) atoms. The number of nitrogens with zero attached hydrogens (tertiary/aromatic N) is 3. The molecule has 0 fully saturated rings. The molecule has 0 aliphatic carbocycles. The van der Waals surface area contributed by atoms with Gasteiger partial charge in [-0.05, 0) is 36.4 Å². The molecule has 0 aliphatic heterocycles. The summed E-state index contributed by atoms with van der Waals surface area (Å²) in [5, 5.41) is 11.6. The van der Waals surface area contributed by atoms with Crippen LogP contribution in [0.25, 0.3) is 11.0 Å². The van der Waals surface area contributed by atoms with Crippen molar-refractivity contribution in [2.75, 3.05) is 5.32 Å². The molecule has 6 heteroatoms. The van der Waals surface area contributed by atoms with Crippen LogP contribution in [0.2, 0.25) is 5.02 Å². The lowest BCUT2D eigenvalue weighted by atomic mass is 10.3. The van der Waals surface area contributed by atoms with E-state index in [0.717, 1.165) is 16.7 Å². The van der Waals surface area contributed by atoms with Crippen molar-refractivity contribution >= 4 is 34.2 Å². The van der Waals surface area contributed by atoms with Crippen LogP contribution in [-0.4, -0.2) is 20.9 Å². The number of aryl methyl sites for hydroxylation is 1. The maximum absolute atomic E-state index is 11.9. The van der Waals surface area contributed by atoms with E-state index in [2.05, 4.69) is 15.6 Å². The van der Waals surface area contributed by atoms with Gasteiger partial charge in [-0.3, -0.25) is 4.79 Å². The highest BCUT2D eigenvalue weighted by atomic mass is 35.5. The lowest BCUT2D eigenvalue weighted by Gasteiger charge is -2.05. The molecule has 0 saturated heterocycles. The molecule has 3 rings (SSSR count). The molecule has 5 nitrogen and oxygen atoms in total. The first-order valence-corrected chi connectivity index (χ1v) is 6.94. The second-order valence-electron chi connectivity index (χ2n) is 4.61. The van der Waals surface area contributed by atoms with E-state index >= 15 is 0 Å². The minimum atomic E-state index is -0.0723. The minimum absolute atomic E-state index is 0.0723. The van der Waals surface area contributed by atoms with Crippen LogP contribution >= 0.6 is 11.6 Å². The number of para-hydroxylation sites is 1. The summed E-state index contributed by atoms with van der Waals surface area (Å²) < 4.78 is 1.73. The highest BCUT2D eigenvalue weighted by Gasteiger charge is 2.07. The molecule has 0 spiro atoms. The van der Waals surface area contributed by atoms with Gasteiger partial charge >= 0.3 is 0 Å². The Labute approximate surface area is 126 Å². The highest BCUT2D eigenvalue weighted by Crippen LogP contribution is 2.14. The molecule has 1 amide bonds. The number of nitrogens with one attached hydrogen (secondary N) is 1. The smallest absolute Gasteiger partial charge is 0.226 e. The Morgan fingerprint density at radius 3 is 2.71 bits per heavy atom. The Morgan fingerprint density at radius 1 is 1.14 bits per heavy atom. The highest BCUT2D eigenvalue weighted by molar-refractivity contribution is 6.30. The fraction of sp³-hybridized carbons (Fsp3) is 0.133. The molecule has 1 aromatic heterocycles. The monoisotopic (exact) mass is 300 g/mol. The Bertz CT molecular complexity index is 767. The van der Waals surface area contributed by atoms with Gasteiger partial charge in [0.25, 0.3) is 0 Å². The zero-order chi connectivity index (χ0) is 14.7. The van der Waals surface area contributed by atoms with Crippen LogP contribution in [-0.2, 0) is 11.3 Å². The van der Waals surface area contributed by atoms with Crippen LogP contribution in [0.1, 0.15) is 6.42 Å². The Balaban J connectivity index is 1.62. The van der Waals surface area contributed by atoms with E-state index in [-0.39, 0.29) is 5.91 Å². The van der Waals surface area contributed by atoms with Crippen LogP contribution in [0.4, 0.5) is 5.69 Å². The predicted molar refractivity (Wildman–Crippen MR) is 82.2 cm³/mol. The Morgan fingerprint density at radius 2 is 1.90 bits per heavy atom. The maximum atomic E-state index is 11.9. The van der Waals surface area contributed by atoms with Gasteiger partial charge in [0.15, 0.2) is 0 Å². The summed E-state index contributed by atoms with van der Waals surface area (Å²) in [6.45, 7) is 0.486. The van der Waals surface area contributed by atoms with Gasteiger partial charge < -0.3 is 5.32 Å². The van der Waals surface area contributed by atoms with Crippen molar-refractivity contribution in [1.29, 1.82) is 0 Å². The predicted octanol–water partition coefficient (Wildman–Crippen LogP) is 3.11. The lowest BCUT2D eigenvalue weighted by molar-refractivity contribution is -0.116. The largest absolute Gasteiger partial charge is 0.326 e. The quantitative estimate of drug-likeness (QED) is 0.805. The number of benzene rings is 2. The first kappa shape index (κ1) is 13.6. The van der Waals surface area contributed by atoms with E-state index in [4.69, 9.17) is 11.6 Å². The van der Waals surface area contributed by atoms with Crippen molar-refractivity contribution in [3.05, 3.63) is 53.6 Å². The van der Waals surface area contributed by atoms with Crippen molar-refractivity contribution < 1.29 is 4.79 Å².